The van der Waals surface area contributed by atoms with Crippen LogP contribution < -0.4 is 5.32 Å². The Morgan fingerprint density at radius 2 is 1.32 bits per heavy atom. The minimum absolute atomic E-state index is 0. The molecule has 5 rings (SSSR count). The highest BCUT2D eigenvalue weighted by atomic mass is 35.5. The molecule has 0 spiro atoms. The summed E-state index contributed by atoms with van der Waals surface area (Å²) in [6.07, 6.45) is 3.75. The zero-order chi connectivity index (χ0) is 16.6. The zero-order valence-electron chi connectivity index (χ0n) is 15.2. The van der Waals surface area contributed by atoms with Gasteiger partial charge < -0.3 is 10.2 Å². The van der Waals surface area contributed by atoms with Gasteiger partial charge >= 0.3 is 0 Å². The van der Waals surface area contributed by atoms with E-state index in [-0.39, 0.29) is 12.4 Å². The molecule has 2 aromatic rings. The molecule has 2 saturated heterocycles. The monoisotopic (exact) mass is 356 g/mol. The van der Waals surface area contributed by atoms with Gasteiger partial charge in [-0.2, -0.15) is 0 Å². The van der Waals surface area contributed by atoms with E-state index in [0.29, 0.717) is 23.4 Å². The van der Waals surface area contributed by atoms with E-state index in [9.17, 15) is 0 Å². The van der Waals surface area contributed by atoms with Crippen LogP contribution in [0.15, 0.2) is 60.7 Å². The van der Waals surface area contributed by atoms with Crippen molar-refractivity contribution in [3.05, 3.63) is 71.8 Å². The van der Waals surface area contributed by atoms with Gasteiger partial charge in [0, 0.05) is 23.4 Å². The summed E-state index contributed by atoms with van der Waals surface area (Å²) in [5, 5.41) is 3.92. The van der Waals surface area contributed by atoms with Gasteiger partial charge in [-0.25, -0.2) is 0 Å². The fourth-order valence-corrected chi connectivity index (χ4v) is 5.04. The first-order chi connectivity index (χ1) is 11.7. The second kappa shape index (κ2) is 7.49. The quantitative estimate of drug-likeness (QED) is 0.875. The van der Waals surface area contributed by atoms with Crippen LogP contribution in [0.5, 0.6) is 0 Å². The van der Waals surface area contributed by atoms with Crippen LogP contribution in [-0.4, -0.2) is 37.1 Å². The predicted octanol–water partition coefficient (Wildman–Crippen LogP) is 4.43. The molecule has 1 aliphatic carbocycles. The topological polar surface area (TPSA) is 15.3 Å². The van der Waals surface area contributed by atoms with Gasteiger partial charge in [-0.05, 0) is 51.0 Å². The van der Waals surface area contributed by atoms with Crippen molar-refractivity contribution >= 4 is 12.4 Å². The molecule has 2 nitrogen and oxygen atoms in total. The molecule has 25 heavy (non-hydrogen) atoms. The van der Waals surface area contributed by atoms with E-state index >= 15 is 0 Å². The van der Waals surface area contributed by atoms with Crippen molar-refractivity contribution in [3.8, 4) is 0 Å². The van der Waals surface area contributed by atoms with E-state index in [1.165, 1.54) is 30.4 Å². The van der Waals surface area contributed by atoms with Gasteiger partial charge in [-0.1, -0.05) is 60.7 Å². The third-order valence-corrected chi connectivity index (χ3v) is 6.44. The van der Waals surface area contributed by atoms with Crippen LogP contribution in [0.2, 0.25) is 0 Å². The summed E-state index contributed by atoms with van der Waals surface area (Å²) >= 11 is 0. The van der Waals surface area contributed by atoms with Crippen LogP contribution in [0.1, 0.15) is 42.2 Å². The van der Waals surface area contributed by atoms with E-state index in [1.54, 1.807) is 0 Å². The Bertz CT molecular complexity index is 621. The Morgan fingerprint density at radius 3 is 1.76 bits per heavy atom. The van der Waals surface area contributed by atoms with Crippen molar-refractivity contribution in [3.63, 3.8) is 0 Å². The van der Waals surface area contributed by atoms with Gasteiger partial charge in [0.05, 0.1) is 0 Å². The van der Waals surface area contributed by atoms with E-state index in [2.05, 4.69) is 85.0 Å². The Kier molecular flexibility index (Phi) is 5.52. The summed E-state index contributed by atoms with van der Waals surface area (Å²) in [6, 6.07) is 22.8. The SMILES string of the molecule is CN(C)C12CCNC(C(c3ccccc3)C1)C(c1ccccc1)C2.Cl. The smallest absolute Gasteiger partial charge is 0.0228 e. The number of benzene rings is 2. The van der Waals surface area contributed by atoms with Gasteiger partial charge in [0.15, 0.2) is 0 Å². The summed E-state index contributed by atoms with van der Waals surface area (Å²) < 4.78 is 0. The minimum Gasteiger partial charge on any atom is -0.313 e. The van der Waals surface area contributed by atoms with Gasteiger partial charge in [0.2, 0.25) is 0 Å². The van der Waals surface area contributed by atoms with Crippen molar-refractivity contribution in [1.82, 2.24) is 10.2 Å². The lowest BCUT2D eigenvalue weighted by atomic mass is 9.64. The van der Waals surface area contributed by atoms with E-state index in [4.69, 9.17) is 0 Å². The van der Waals surface area contributed by atoms with E-state index < -0.39 is 0 Å². The number of rotatable bonds is 3. The van der Waals surface area contributed by atoms with E-state index in [1.807, 2.05) is 0 Å². The van der Waals surface area contributed by atoms with Gasteiger partial charge in [0.25, 0.3) is 0 Å². The number of hydrogen-bond donors (Lipinski definition) is 1. The highest BCUT2D eigenvalue weighted by Crippen LogP contribution is 2.50. The fourth-order valence-electron chi connectivity index (χ4n) is 5.04. The van der Waals surface area contributed by atoms with Gasteiger partial charge in [-0.15, -0.1) is 12.4 Å². The van der Waals surface area contributed by atoms with E-state index in [0.717, 1.165) is 6.54 Å². The normalized spacial score (nSPS) is 31.4. The molecule has 2 aliphatic heterocycles. The number of hydrogen-bond acceptors (Lipinski definition) is 2. The molecule has 0 radical (unpaired) electrons. The Morgan fingerprint density at radius 1 is 0.840 bits per heavy atom. The maximum atomic E-state index is 3.92. The summed E-state index contributed by atoms with van der Waals surface area (Å²) in [4.78, 5) is 2.50. The fraction of sp³-hybridized carbons (Fsp3) is 0.455. The molecular weight excluding hydrogens is 328 g/mol. The van der Waals surface area contributed by atoms with Crippen molar-refractivity contribution < 1.29 is 0 Å². The molecule has 2 unspecified atom stereocenters. The number of fused-ring (bicyclic) bond motifs is 4. The largest absolute Gasteiger partial charge is 0.313 e. The third-order valence-electron chi connectivity index (χ3n) is 6.44. The summed E-state index contributed by atoms with van der Waals surface area (Å²) in [5.41, 5.74) is 3.27. The lowest BCUT2D eigenvalue weighted by Crippen LogP contribution is -2.52. The van der Waals surface area contributed by atoms with Crippen LogP contribution >= 0.6 is 12.4 Å². The van der Waals surface area contributed by atoms with Gasteiger partial charge in [0.1, 0.15) is 0 Å². The zero-order valence-corrected chi connectivity index (χ0v) is 16.0. The highest BCUT2D eigenvalue weighted by molar-refractivity contribution is 5.85. The van der Waals surface area contributed by atoms with Crippen LogP contribution in [0.4, 0.5) is 0 Å². The Labute approximate surface area is 158 Å². The average molecular weight is 357 g/mol. The molecule has 2 atom stereocenters. The molecule has 3 aliphatic rings. The standard InChI is InChI=1S/C22H28N2.ClH/c1-24(2)22-13-14-23-21(19(15-22)17-9-5-3-6-10-17)20(16-22)18-11-7-4-8-12-18;/h3-12,19-21,23H,13-16H2,1-2H3;1H. The second-order valence-corrected chi connectivity index (χ2v) is 7.79. The molecule has 0 aromatic heterocycles. The van der Waals surface area contributed by atoms with Crippen molar-refractivity contribution in [2.75, 3.05) is 20.6 Å². The maximum absolute atomic E-state index is 3.92. The van der Waals surface area contributed by atoms with Crippen molar-refractivity contribution in [2.45, 2.75) is 42.7 Å². The molecule has 1 saturated carbocycles. The molecule has 3 fully saturated rings. The number of nitrogens with one attached hydrogen (secondary N) is 1. The summed E-state index contributed by atoms with van der Waals surface area (Å²) in [5.74, 6) is 1.16. The first-order valence-corrected chi connectivity index (χ1v) is 9.20. The van der Waals surface area contributed by atoms with Crippen molar-refractivity contribution in [1.29, 1.82) is 0 Å². The second-order valence-electron chi connectivity index (χ2n) is 7.79. The van der Waals surface area contributed by atoms with Crippen molar-refractivity contribution in [2.24, 2.45) is 0 Å². The van der Waals surface area contributed by atoms with Crippen LogP contribution in [0.3, 0.4) is 0 Å². The molecular formula is C22H29ClN2. The number of nitrogens with zero attached hydrogens (tertiary/aromatic N) is 1. The highest BCUT2D eigenvalue weighted by Gasteiger charge is 2.49. The average Bonchev–Trinajstić information content (AvgIpc) is 2.94. The van der Waals surface area contributed by atoms with Crippen LogP contribution in [0, 0.1) is 0 Å². The molecule has 1 N–H and O–H groups in total. The van der Waals surface area contributed by atoms with Crippen LogP contribution in [-0.2, 0) is 0 Å². The molecule has 0 amide bonds. The minimum atomic E-state index is 0. The maximum Gasteiger partial charge on any atom is 0.0228 e. The third kappa shape index (κ3) is 3.36. The summed E-state index contributed by atoms with van der Waals surface area (Å²) in [6.45, 7) is 1.12. The Hall–Kier alpha value is -1.35. The predicted molar refractivity (Wildman–Crippen MR) is 108 cm³/mol. The van der Waals surface area contributed by atoms with Crippen LogP contribution in [0.25, 0.3) is 0 Å². The lowest BCUT2D eigenvalue weighted by Gasteiger charge is -2.49. The number of halogens is 1. The molecule has 2 heterocycles. The molecule has 2 bridgehead atoms. The lowest BCUT2D eigenvalue weighted by molar-refractivity contribution is 0.0790. The molecule has 134 valence electrons. The summed E-state index contributed by atoms with van der Waals surface area (Å²) in [7, 11) is 4.55. The first-order valence-electron chi connectivity index (χ1n) is 9.20. The Balaban J connectivity index is 0.00000182. The first kappa shape index (κ1) is 18.4. The van der Waals surface area contributed by atoms with Gasteiger partial charge in [-0.3, -0.25) is 0 Å². The molecule has 2 aromatic carbocycles. The molecule has 3 heteroatoms.